The van der Waals surface area contributed by atoms with E-state index in [9.17, 15) is 4.39 Å². The predicted molar refractivity (Wildman–Crippen MR) is 77.9 cm³/mol. The molecule has 1 aliphatic heterocycles. The Morgan fingerprint density at radius 3 is 2.79 bits per heavy atom. The minimum atomic E-state index is -0.175. The number of likely N-dealkylation sites (tertiary alicyclic amines) is 1. The van der Waals surface area contributed by atoms with Crippen molar-refractivity contribution >= 4 is 5.69 Å². The van der Waals surface area contributed by atoms with Crippen molar-refractivity contribution in [2.45, 2.75) is 31.8 Å². The Labute approximate surface area is 115 Å². The maximum atomic E-state index is 14.2. The first-order chi connectivity index (χ1) is 8.99. The van der Waals surface area contributed by atoms with Gasteiger partial charge in [0.05, 0.1) is 5.69 Å². The molecule has 0 radical (unpaired) electrons. The summed E-state index contributed by atoms with van der Waals surface area (Å²) in [5.41, 5.74) is 7.30. The average molecular weight is 265 g/mol. The molecule has 106 valence electrons. The van der Waals surface area contributed by atoms with Crippen LogP contribution in [0.4, 0.5) is 10.1 Å². The zero-order chi connectivity index (χ0) is 14.0. The Bertz CT molecular complexity index is 433. The summed E-state index contributed by atoms with van der Waals surface area (Å²) < 4.78 is 14.2. The minimum absolute atomic E-state index is 0.130. The van der Waals surface area contributed by atoms with Crippen LogP contribution in [0.2, 0.25) is 0 Å². The number of rotatable bonds is 3. The fourth-order valence-electron chi connectivity index (χ4n) is 2.74. The van der Waals surface area contributed by atoms with E-state index in [2.05, 4.69) is 16.8 Å². The van der Waals surface area contributed by atoms with Gasteiger partial charge in [0.1, 0.15) is 5.82 Å². The number of likely N-dealkylation sites (N-methyl/N-ethyl adjacent to an activating group) is 2. The quantitative estimate of drug-likeness (QED) is 0.910. The van der Waals surface area contributed by atoms with Crippen LogP contribution in [0.15, 0.2) is 18.2 Å². The molecule has 0 aromatic heterocycles. The SMILES string of the molecule is CC(N)c1ccc(N(C)C2CCCN(C)C2)c(F)c1. The minimum Gasteiger partial charge on any atom is -0.368 e. The van der Waals surface area contributed by atoms with E-state index in [-0.39, 0.29) is 11.9 Å². The van der Waals surface area contributed by atoms with Crippen LogP contribution in [0.1, 0.15) is 31.4 Å². The molecule has 0 spiro atoms. The molecule has 19 heavy (non-hydrogen) atoms. The normalized spacial score (nSPS) is 22.3. The van der Waals surface area contributed by atoms with Gasteiger partial charge in [-0.3, -0.25) is 0 Å². The third-order valence-corrected chi connectivity index (χ3v) is 4.02. The molecule has 0 saturated carbocycles. The Morgan fingerprint density at radius 2 is 2.21 bits per heavy atom. The van der Waals surface area contributed by atoms with Crippen LogP contribution in [0.5, 0.6) is 0 Å². The Kier molecular flexibility index (Phi) is 4.42. The topological polar surface area (TPSA) is 32.5 Å². The molecular formula is C15H24FN3. The second-order valence-electron chi connectivity index (χ2n) is 5.67. The summed E-state index contributed by atoms with van der Waals surface area (Å²) >= 11 is 0. The number of hydrogen-bond acceptors (Lipinski definition) is 3. The fraction of sp³-hybridized carbons (Fsp3) is 0.600. The highest BCUT2D eigenvalue weighted by Gasteiger charge is 2.23. The highest BCUT2D eigenvalue weighted by molar-refractivity contribution is 5.50. The van der Waals surface area contributed by atoms with Crippen LogP contribution in [0.3, 0.4) is 0 Å². The number of anilines is 1. The van der Waals surface area contributed by atoms with Gasteiger partial charge in [0.2, 0.25) is 0 Å². The third kappa shape index (κ3) is 3.25. The Hall–Kier alpha value is -1.13. The molecular weight excluding hydrogens is 241 g/mol. The Balaban J connectivity index is 2.16. The second-order valence-corrected chi connectivity index (χ2v) is 5.67. The average Bonchev–Trinajstić information content (AvgIpc) is 2.37. The number of halogens is 1. The maximum Gasteiger partial charge on any atom is 0.146 e. The number of nitrogens with zero attached hydrogens (tertiary/aromatic N) is 2. The maximum absolute atomic E-state index is 14.2. The van der Waals surface area contributed by atoms with Gasteiger partial charge in [0.25, 0.3) is 0 Å². The first kappa shape index (κ1) is 14.3. The van der Waals surface area contributed by atoms with Gasteiger partial charge in [-0.25, -0.2) is 4.39 Å². The van der Waals surface area contributed by atoms with Gasteiger partial charge in [-0.15, -0.1) is 0 Å². The smallest absolute Gasteiger partial charge is 0.146 e. The standard InChI is InChI=1S/C15H24FN3/c1-11(17)12-6-7-15(14(16)9-12)19(3)13-5-4-8-18(2)10-13/h6-7,9,11,13H,4-5,8,10,17H2,1-3H3. The second kappa shape index (κ2) is 5.88. The van der Waals surface area contributed by atoms with Crippen LogP contribution >= 0.6 is 0 Å². The van der Waals surface area contributed by atoms with Crippen LogP contribution in [0.25, 0.3) is 0 Å². The predicted octanol–water partition coefficient (Wildman–Crippen LogP) is 2.38. The van der Waals surface area contributed by atoms with Crippen molar-refractivity contribution in [3.8, 4) is 0 Å². The Morgan fingerprint density at radius 1 is 1.47 bits per heavy atom. The molecule has 4 heteroatoms. The van der Waals surface area contributed by atoms with E-state index in [1.807, 2.05) is 26.1 Å². The van der Waals surface area contributed by atoms with E-state index in [1.54, 1.807) is 6.07 Å². The lowest BCUT2D eigenvalue weighted by molar-refractivity contribution is 0.247. The summed E-state index contributed by atoms with van der Waals surface area (Å²) in [4.78, 5) is 4.37. The molecule has 1 aliphatic rings. The van der Waals surface area contributed by atoms with Crippen molar-refractivity contribution in [3.05, 3.63) is 29.6 Å². The van der Waals surface area contributed by atoms with Crippen molar-refractivity contribution in [2.75, 3.05) is 32.1 Å². The van der Waals surface area contributed by atoms with Gasteiger partial charge in [-0.2, -0.15) is 0 Å². The molecule has 0 bridgehead atoms. The lowest BCUT2D eigenvalue weighted by atomic mass is 10.0. The number of benzene rings is 1. The summed E-state index contributed by atoms with van der Waals surface area (Å²) in [7, 11) is 4.10. The van der Waals surface area contributed by atoms with E-state index in [0.717, 1.165) is 25.1 Å². The van der Waals surface area contributed by atoms with Crippen molar-refractivity contribution in [1.29, 1.82) is 0 Å². The first-order valence-corrected chi connectivity index (χ1v) is 6.95. The van der Waals surface area contributed by atoms with Crippen molar-refractivity contribution < 1.29 is 4.39 Å². The van der Waals surface area contributed by atoms with E-state index in [1.165, 1.54) is 6.42 Å². The van der Waals surface area contributed by atoms with Crippen LogP contribution in [0, 0.1) is 5.82 Å². The van der Waals surface area contributed by atoms with E-state index in [4.69, 9.17) is 5.73 Å². The third-order valence-electron chi connectivity index (χ3n) is 4.02. The molecule has 3 nitrogen and oxygen atoms in total. The molecule has 0 aliphatic carbocycles. The highest BCUT2D eigenvalue weighted by Crippen LogP contribution is 2.26. The van der Waals surface area contributed by atoms with Crippen molar-refractivity contribution in [1.82, 2.24) is 4.90 Å². The lowest BCUT2D eigenvalue weighted by Gasteiger charge is -2.37. The van der Waals surface area contributed by atoms with Crippen molar-refractivity contribution in [2.24, 2.45) is 5.73 Å². The monoisotopic (exact) mass is 265 g/mol. The van der Waals surface area contributed by atoms with Crippen LogP contribution < -0.4 is 10.6 Å². The van der Waals surface area contributed by atoms with Gasteiger partial charge in [0.15, 0.2) is 0 Å². The zero-order valence-corrected chi connectivity index (χ0v) is 12.1. The summed E-state index contributed by atoms with van der Waals surface area (Å²) in [5, 5.41) is 0. The van der Waals surface area contributed by atoms with Gasteiger partial charge >= 0.3 is 0 Å². The number of hydrogen-bond donors (Lipinski definition) is 1. The van der Waals surface area contributed by atoms with E-state index < -0.39 is 0 Å². The molecule has 2 unspecified atom stereocenters. The van der Waals surface area contributed by atoms with E-state index >= 15 is 0 Å². The molecule has 2 atom stereocenters. The lowest BCUT2D eigenvalue weighted by Crippen LogP contribution is -2.45. The largest absolute Gasteiger partial charge is 0.368 e. The van der Waals surface area contributed by atoms with Crippen LogP contribution in [-0.2, 0) is 0 Å². The summed E-state index contributed by atoms with van der Waals surface area (Å²) in [5.74, 6) is -0.175. The molecule has 0 amide bonds. The molecule has 1 aromatic rings. The van der Waals surface area contributed by atoms with Gasteiger partial charge in [-0.1, -0.05) is 6.07 Å². The molecule has 2 rings (SSSR count). The summed E-state index contributed by atoms with van der Waals surface area (Å²) in [6.07, 6.45) is 2.29. The van der Waals surface area contributed by atoms with Gasteiger partial charge in [0, 0.05) is 25.7 Å². The number of nitrogens with two attached hydrogens (primary N) is 1. The summed E-state index contributed by atoms with van der Waals surface area (Å²) in [6, 6.07) is 5.58. The highest BCUT2D eigenvalue weighted by atomic mass is 19.1. The van der Waals surface area contributed by atoms with Gasteiger partial charge in [-0.05, 0) is 51.1 Å². The molecule has 1 heterocycles. The summed E-state index contributed by atoms with van der Waals surface area (Å²) in [6.45, 7) is 4.00. The molecule has 1 aromatic carbocycles. The molecule has 1 saturated heterocycles. The van der Waals surface area contributed by atoms with Crippen LogP contribution in [-0.4, -0.2) is 38.1 Å². The first-order valence-electron chi connectivity index (χ1n) is 6.95. The molecule has 2 N–H and O–H groups in total. The molecule has 1 fully saturated rings. The van der Waals surface area contributed by atoms with Gasteiger partial charge < -0.3 is 15.5 Å². The number of piperidine rings is 1. The van der Waals surface area contributed by atoms with E-state index in [0.29, 0.717) is 11.7 Å². The zero-order valence-electron chi connectivity index (χ0n) is 12.1. The fourth-order valence-corrected chi connectivity index (χ4v) is 2.74. The van der Waals surface area contributed by atoms with Crippen molar-refractivity contribution in [3.63, 3.8) is 0 Å².